The molecular formula is C29H42ClN2O3+. The van der Waals surface area contributed by atoms with Crippen LogP contribution in [0.2, 0.25) is 5.15 Å². The molecule has 0 radical (unpaired) electrons. The van der Waals surface area contributed by atoms with Crippen molar-refractivity contribution < 1.29 is 18.8 Å². The monoisotopic (exact) mass is 501 g/mol. The number of unbranched alkanes of at least 4 members (excludes halogenated alkanes) is 8. The van der Waals surface area contributed by atoms with E-state index < -0.39 is 0 Å². The summed E-state index contributed by atoms with van der Waals surface area (Å²) < 4.78 is 19.7. The summed E-state index contributed by atoms with van der Waals surface area (Å²) in [6, 6.07) is 6.06. The lowest BCUT2D eigenvalue weighted by Crippen LogP contribution is -2.30. The maximum absolute atomic E-state index is 6.02. The number of methoxy groups -OCH3 is 3. The van der Waals surface area contributed by atoms with Crippen LogP contribution in [0.4, 0.5) is 0 Å². The van der Waals surface area contributed by atoms with E-state index in [-0.39, 0.29) is 0 Å². The molecule has 0 fully saturated rings. The second kappa shape index (κ2) is 14.3. The second-order valence-electron chi connectivity index (χ2n) is 9.36. The quantitative estimate of drug-likeness (QED) is 0.146. The van der Waals surface area contributed by atoms with Gasteiger partial charge in [-0.3, -0.25) is 0 Å². The largest absolute Gasteiger partial charge is 0.493 e. The first kappa shape index (κ1) is 27.3. The Bertz CT molecular complexity index is 973. The number of hydrogen-bond acceptors (Lipinski definition) is 4. The molecule has 0 saturated heterocycles. The van der Waals surface area contributed by atoms with Crippen LogP contribution in [0.1, 0.15) is 87.8 Å². The maximum atomic E-state index is 6.02. The summed E-state index contributed by atoms with van der Waals surface area (Å²) in [6.45, 7) is 4.01. The van der Waals surface area contributed by atoms with E-state index in [0.717, 1.165) is 37.2 Å². The molecule has 0 spiro atoms. The second-order valence-corrected chi connectivity index (χ2v) is 9.74. The number of pyridine rings is 1. The number of nitrogens with zero attached hydrogens (tertiary/aromatic N) is 2. The molecule has 0 saturated carbocycles. The van der Waals surface area contributed by atoms with Crippen LogP contribution in [0.5, 0.6) is 17.2 Å². The molecular weight excluding hydrogens is 460 g/mol. The third-order valence-electron chi connectivity index (χ3n) is 6.94. The van der Waals surface area contributed by atoms with Gasteiger partial charge >= 0.3 is 0 Å². The molecule has 0 unspecified atom stereocenters. The number of aromatic nitrogens is 1. The Kier molecular flexibility index (Phi) is 11.2. The van der Waals surface area contributed by atoms with E-state index in [4.69, 9.17) is 25.8 Å². The molecule has 6 heteroatoms. The third kappa shape index (κ3) is 7.36. The number of hydrogen-bond donors (Lipinski definition) is 0. The summed E-state index contributed by atoms with van der Waals surface area (Å²) in [4.78, 5) is 4.29. The molecule has 35 heavy (non-hydrogen) atoms. The minimum Gasteiger partial charge on any atom is -0.493 e. The fourth-order valence-electron chi connectivity index (χ4n) is 5.06. The van der Waals surface area contributed by atoms with Crippen molar-refractivity contribution in [1.82, 2.24) is 4.98 Å². The van der Waals surface area contributed by atoms with Crippen molar-refractivity contribution in [3.8, 4) is 17.2 Å². The molecule has 1 aromatic heterocycles. The van der Waals surface area contributed by atoms with E-state index in [2.05, 4.69) is 28.6 Å². The molecule has 2 heterocycles. The number of halogens is 1. The van der Waals surface area contributed by atoms with Crippen molar-refractivity contribution in [3.63, 3.8) is 0 Å². The van der Waals surface area contributed by atoms with Crippen LogP contribution in [0.3, 0.4) is 0 Å². The molecule has 1 aliphatic rings. The standard InChI is InChI=1S/C29H42ClN2O3/c1-5-6-7-8-9-10-11-12-13-14-25-24-19-26(33-2)29(35-4)28(34-3)23(24)17-18-32(25)21-22-15-16-27(30)31-20-22/h15-16,19-20H,5-14,17-18,21H2,1-4H3/q+1. The first-order valence-electron chi connectivity index (χ1n) is 13.2. The van der Waals surface area contributed by atoms with Gasteiger partial charge < -0.3 is 14.2 Å². The Morgan fingerprint density at radius 3 is 2.17 bits per heavy atom. The molecule has 5 nitrogen and oxygen atoms in total. The van der Waals surface area contributed by atoms with Gasteiger partial charge in [0, 0.05) is 30.2 Å². The predicted molar refractivity (Wildman–Crippen MR) is 144 cm³/mol. The Morgan fingerprint density at radius 2 is 1.57 bits per heavy atom. The number of fused-ring (bicyclic) bond motifs is 1. The molecule has 192 valence electrons. The summed E-state index contributed by atoms with van der Waals surface area (Å²) >= 11 is 6.02. The van der Waals surface area contributed by atoms with Crippen LogP contribution >= 0.6 is 11.6 Å². The molecule has 0 atom stereocenters. The molecule has 2 aromatic rings. The highest BCUT2D eigenvalue weighted by Gasteiger charge is 2.31. The Balaban J connectivity index is 1.81. The Morgan fingerprint density at radius 1 is 0.886 bits per heavy atom. The van der Waals surface area contributed by atoms with E-state index in [0.29, 0.717) is 16.7 Å². The molecule has 0 bridgehead atoms. The van der Waals surface area contributed by atoms with Crippen LogP contribution in [0, 0.1) is 0 Å². The van der Waals surface area contributed by atoms with Gasteiger partial charge in [-0.25, -0.2) is 9.56 Å². The van der Waals surface area contributed by atoms with E-state index in [1.165, 1.54) is 74.6 Å². The van der Waals surface area contributed by atoms with Gasteiger partial charge in [0.1, 0.15) is 11.7 Å². The van der Waals surface area contributed by atoms with Crippen molar-refractivity contribution in [2.45, 2.75) is 84.1 Å². The van der Waals surface area contributed by atoms with Crippen LogP contribution in [-0.2, 0) is 13.0 Å². The van der Waals surface area contributed by atoms with E-state index in [9.17, 15) is 0 Å². The van der Waals surface area contributed by atoms with Gasteiger partial charge in [-0.1, -0.05) is 69.9 Å². The van der Waals surface area contributed by atoms with Gasteiger partial charge in [0.25, 0.3) is 0 Å². The van der Waals surface area contributed by atoms with Crippen molar-refractivity contribution in [1.29, 1.82) is 0 Å². The Hall–Kier alpha value is -2.27. The van der Waals surface area contributed by atoms with Gasteiger partial charge in [0.05, 0.1) is 26.9 Å². The number of ether oxygens (including phenoxy) is 3. The molecule has 0 N–H and O–H groups in total. The molecule has 3 rings (SSSR count). The smallest absolute Gasteiger partial charge is 0.203 e. The van der Waals surface area contributed by atoms with Crippen molar-refractivity contribution in [3.05, 3.63) is 46.2 Å². The van der Waals surface area contributed by atoms with Crippen LogP contribution in [0.25, 0.3) is 0 Å². The average Bonchev–Trinajstić information content (AvgIpc) is 2.88. The lowest BCUT2D eigenvalue weighted by molar-refractivity contribution is -0.545. The molecule has 0 aliphatic carbocycles. The van der Waals surface area contributed by atoms with Crippen molar-refractivity contribution in [2.24, 2.45) is 0 Å². The maximum Gasteiger partial charge on any atom is 0.203 e. The lowest BCUT2D eigenvalue weighted by Gasteiger charge is -2.23. The van der Waals surface area contributed by atoms with Gasteiger partial charge in [-0.05, 0) is 24.6 Å². The third-order valence-corrected chi connectivity index (χ3v) is 7.16. The topological polar surface area (TPSA) is 43.6 Å². The minimum atomic E-state index is 0.526. The zero-order valence-electron chi connectivity index (χ0n) is 22.0. The summed E-state index contributed by atoms with van der Waals surface area (Å²) in [5, 5.41) is 0.526. The highest BCUT2D eigenvalue weighted by molar-refractivity contribution is 6.29. The summed E-state index contributed by atoms with van der Waals surface area (Å²) in [5.74, 6) is 2.17. The van der Waals surface area contributed by atoms with E-state index >= 15 is 0 Å². The lowest BCUT2D eigenvalue weighted by atomic mass is 9.91. The first-order valence-corrected chi connectivity index (χ1v) is 13.5. The summed E-state index contributed by atoms with van der Waals surface area (Å²) in [5.41, 5.74) is 4.94. The van der Waals surface area contributed by atoms with Gasteiger partial charge in [-0.2, -0.15) is 0 Å². The van der Waals surface area contributed by atoms with Crippen LogP contribution in [0.15, 0.2) is 24.4 Å². The van der Waals surface area contributed by atoms with Crippen molar-refractivity contribution in [2.75, 3.05) is 27.9 Å². The van der Waals surface area contributed by atoms with E-state index in [1.54, 1.807) is 21.3 Å². The fourth-order valence-corrected chi connectivity index (χ4v) is 5.18. The Labute approximate surface area is 216 Å². The van der Waals surface area contributed by atoms with Crippen LogP contribution < -0.4 is 14.2 Å². The zero-order valence-corrected chi connectivity index (χ0v) is 22.8. The van der Waals surface area contributed by atoms with Gasteiger partial charge in [-0.15, -0.1) is 0 Å². The van der Waals surface area contributed by atoms with Crippen LogP contribution in [-0.4, -0.2) is 43.1 Å². The molecule has 1 aromatic carbocycles. The molecule has 0 amide bonds. The highest BCUT2D eigenvalue weighted by atomic mass is 35.5. The SMILES string of the molecule is CCCCCCCCCCCC1=[N+](Cc2ccc(Cl)nc2)CCc2c1cc(OC)c(OC)c2OC. The van der Waals surface area contributed by atoms with Gasteiger partial charge in [0.15, 0.2) is 23.8 Å². The fraction of sp³-hybridized carbons (Fsp3) is 0.586. The normalized spacial score (nSPS) is 13.1. The highest BCUT2D eigenvalue weighted by Crippen LogP contribution is 2.43. The number of rotatable bonds is 15. The predicted octanol–water partition coefficient (Wildman–Crippen LogP) is 7.24. The summed E-state index contributed by atoms with van der Waals surface area (Å²) in [7, 11) is 5.07. The minimum absolute atomic E-state index is 0.526. The van der Waals surface area contributed by atoms with Gasteiger partial charge in [0.2, 0.25) is 5.75 Å². The first-order chi connectivity index (χ1) is 17.1. The summed E-state index contributed by atoms with van der Waals surface area (Å²) in [6.07, 6.45) is 15.7. The zero-order chi connectivity index (χ0) is 25.0. The van der Waals surface area contributed by atoms with Crippen molar-refractivity contribution >= 4 is 17.3 Å². The number of benzene rings is 1. The van der Waals surface area contributed by atoms with E-state index in [1.807, 2.05) is 12.3 Å². The average molecular weight is 502 g/mol. The molecule has 1 aliphatic heterocycles.